The summed E-state index contributed by atoms with van der Waals surface area (Å²) >= 11 is 11.9. The molecule has 1 aromatic rings. The van der Waals surface area contributed by atoms with Crippen LogP contribution in [0.15, 0.2) is 18.2 Å². The number of carbonyl (C=O) groups is 2. The number of likely N-dealkylation sites (tertiary alicyclic amines) is 1. The molecular weight excluding hydrogens is 367 g/mol. The Hall–Kier alpha value is -1.34. The molecule has 25 heavy (non-hydrogen) atoms. The lowest BCUT2D eigenvalue weighted by Crippen LogP contribution is -2.63. The summed E-state index contributed by atoms with van der Waals surface area (Å²) in [5.41, 5.74) is 6.43. The molecule has 1 saturated heterocycles. The van der Waals surface area contributed by atoms with Crippen LogP contribution in [-0.2, 0) is 25.7 Å². The Kier molecular flexibility index (Phi) is 5.53. The fourth-order valence-corrected chi connectivity index (χ4v) is 3.56. The fraction of sp³-hybridized carbons (Fsp3) is 0.529. The second-order valence-corrected chi connectivity index (χ2v) is 7.61. The topological polar surface area (TPSA) is 81.9 Å². The zero-order valence-corrected chi connectivity index (χ0v) is 15.1. The number of ether oxygens (including phenoxy) is 2. The third-order valence-electron chi connectivity index (χ3n) is 4.72. The van der Waals surface area contributed by atoms with Crippen LogP contribution in [0, 0.1) is 5.92 Å². The number of carbonyl (C=O) groups excluding carboxylic acids is 2. The van der Waals surface area contributed by atoms with Gasteiger partial charge >= 0.3 is 0 Å². The van der Waals surface area contributed by atoms with Gasteiger partial charge in [0.2, 0.25) is 5.91 Å². The standard InChI is InChI=1S/C17H20Cl2N2O4/c18-14-2-1-11(3-15(14)19)8-25-13-6-21(7-13)16(23)12-4-17(20,5-12)9-24-10-22/h1-3,10,12-13H,4-9,20H2. The highest BCUT2D eigenvalue weighted by molar-refractivity contribution is 6.42. The molecule has 0 aromatic heterocycles. The van der Waals surface area contributed by atoms with Crippen LogP contribution in [0.25, 0.3) is 0 Å². The van der Waals surface area contributed by atoms with Crippen LogP contribution in [0.5, 0.6) is 0 Å². The molecule has 2 aliphatic rings. The predicted molar refractivity (Wildman–Crippen MR) is 93.3 cm³/mol. The third kappa shape index (κ3) is 4.26. The molecule has 0 radical (unpaired) electrons. The van der Waals surface area contributed by atoms with Crippen molar-refractivity contribution in [2.24, 2.45) is 11.7 Å². The van der Waals surface area contributed by atoms with E-state index in [1.165, 1.54) is 0 Å². The van der Waals surface area contributed by atoms with Crippen LogP contribution in [0.4, 0.5) is 0 Å². The molecule has 0 atom stereocenters. The second-order valence-electron chi connectivity index (χ2n) is 6.80. The van der Waals surface area contributed by atoms with Crippen molar-refractivity contribution in [3.63, 3.8) is 0 Å². The normalized spacial score (nSPS) is 25.9. The largest absolute Gasteiger partial charge is 0.466 e. The van der Waals surface area contributed by atoms with Crippen LogP contribution in [0.1, 0.15) is 18.4 Å². The molecule has 0 spiro atoms. The summed E-state index contributed by atoms with van der Waals surface area (Å²) < 4.78 is 10.5. The van der Waals surface area contributed by atoms with E-state index >= 15 is 0 Å². The van der Waals surface area contributed by atoms with Crippen molar-refractivity contribution in [3.8, 4) is 0 Å². The van der Waals surface area contributed by atoms with E-state index in [9.17, 15) is 9.59 Å². The highest BCUT2D eigenvalue weighted by Gasteiger charge is 2.48. The van der Waals surface area contributed by atoms with Gasteiger partial charge in [-0.05, 0) is 30.5 Å². The number of amides is 1. The van der Waals surface area contributed by atoms with Crippen LogP contribution in [-0.4, -0.2) is 48.6 Å². The molecule has 2 fully saturated rings. The first-order chi connectivity index (χ1) is 11.9. The van der Waals surface area contributed by atoms with Gasteiger partial charge in [0.1, 0.15) is 6.61 Å². The van der Waals surface area contributed by atoms with Crippen molar-refractivity contribution in [1.82, 2.24) is 4.90 Å². The first kappa shape index (κ1) is 18.5. The minimum Gasteiger partial charge on any atom is -0.466 e. The summed E-state index contributed by atoms with van der Waals surface area (Å²) in [5, 5.41) is 1.02. The molecule has 1 heterocycles. The molecule has 0 unspecified atom stereocenters. The summed E-state index contributed by atoms with van der Waals surface area (Å²) in [6.07, 6.45) is 1.12. The van der Waals surface area contributed by atoms with E-state index in [1.807, 2.05) is 6.07 Å². The SMILES string of the molecule is NC1(COC=O)CC(C(=O)N2CC(OCc3ccc(Cl)c(Cl)c3)C2)C1. The lowest BCUT2D eigenvalue weighted by molar-refractivity contribution is -0.156. The molecule has 1 aliphatic heterocycles. The van der Waals surface area contributed by atoms with Gasteiger partial charge in [0.25, 0.3) is 6.47 Å². The zero-order valence-electron chi connectivity index (χ0n) is 13.6. The molecule has 1 saturated carbocycles. The maximum Gasteiger partial charge on any atom is 0.293 e. The van der Waals surface area contributed by atoms with Gasteiger partial charge in [-0.3, -0.25) is 9.59 Å². The monoisotopic (exact) mass is 386 g/mol. The lowest BCUT2D eigenvalue weighted by atomic mass is 9.68. The molecule has 6 nitrogen and oxygen atoms in total. The van der Waals surface area contributed by atoms with Gasteiger partial charge < -0.3 is 20.1 Å². The Morgan fingerprint density at radius 3 is 2.68 bits per heavy atom. The first-order valence-electron chi connectivity index (χ1n) is 8.09. The van der Waals surface area contributed by atoms with Crippen molar-refractivity contribution in [2.45, 2.75) is 31.1 Å². The van der Waals surface area contributed by atoms with E-state index in [1.54, 1.807) is 17.0 Å². The van der Waals surface area contributed by atoms with Crippen molar-refractivity contribution in [3.05, 3.63) is 33.8 Å². The van der Waals surface area contributed by atoms with Gasteiger partial charge in [0.15, 0.2) is 0 Å². The quantitative estimate of drug-likeness (QED) is 0.724. The van der Waals surface area contributed by atoms with Crippen LogP contribution < -0.4 is 5.73 Å². The van der Waals surface area contributed by atoms with Crippen molar-refractivity contribution in [2.75, 3.05) is 19.7 Å². The van der Waals surface area contributed by atoms with E-state index in [2.05, 4.69) is 0 Å². The molecule has 2 N–H and O–H groups in total. The second kappa shape index (κ2) is 7.50. The van der Waals surface area contributed by atoms with E-state index in [-0.39, 0.29) is 24.5 Å². The van der Waals surface area contributed by atoms with Gasteiger partial charge in [-0.1, -0.05) is 29.3 Å². The zero-order chi connectivity index (χ0) is 18.0. The summed E-state index contributed by atoms with van der Waals surface area (Å²) in [6, 6.07) is 5.39. The highest BCUT2D eigenvalue weighted by Crippen LogP contribution is 2.38. The van der Waals surface area contributed by atoms with Gasteiger partial charge in [-0.2, -0.15) is 0 Å². The van der Waals surface area contributed by atoms with Crippen molar-refractivity contribution < 1.29 is 19.1 Å². The number of rotatable bonds is 7. The molecule has 136 valence electrons. The van der Waals surface area contributed by atoms with E-state index in [0.717, 1.165) is 5.56 Å². The minimum atomic E-state index is -0.560. The number of benzene rings is 1. The molecule has 0 bridgehead atoms. The van der Waals surface area contributed by atoms with Gasteiger partial charge in [0.05, 0.1) is 28.3 Å². The molecule has 1 amide bonds. The Balaban J connectivity index is 1.37. The van der Waals surface area contributed by atoms with Crippen LogP contribution in [0.3, 0.4) is 0 Å². The third-order valence-corrected chi connectivity index (χ3v) is 5.46. The Morgan fingerprint density at radius 1 is 1.32 bits per heavy atom. The van der Waals surface area contributed by atoms with Crippen LogP contribution in [0.2, 0.25) is 10.0 Å². The molecule has 3 rings (SSSR count). The van der Waals surface area contributed by atoms with Crippen LogP contribution >= 0.6 is 23.2 Å². The summed E-state index contributed by atoms with van der Waals surface area (Å²) in [7, 11) is 0. The van der Waals surface area contributed by atoms with E-state index in [0.29, 0.717) is 49.1 Å². The van der Waals surface area contributed by atoms with E-state index in [4.69, 9.17) is 38.4 Å². The molecule has 1 aliphatic carbocycles. The Labute approximate surface area is 156 Å². The molecular formula is C17H20Cl2N2O4. The van der Waals surface area contributed by atoms with Crippen molar-refractivity contribution in [1.29, 1.82) is 0 Å². The average molecular weight is 387 g/mol. The summed E-state index contributed by atoms with van der Waals surface area (Å²) in [5.74, 6) is 0.0119. The highest BCUT2D eigenvalue weighted by atomic mass is 35.5. The average Bonchev–Trinajstić information content (AvgIpc) is 2.51. The predicted octanol–water partition coefficient (Wildman–Crippen LogP) is 2.00. The minimum absolute atomic E-state index is 0.0273. The van der Waals surface area contributed by atoms with Gasteiger partial charge in [-0.15, -0.1) is 0 Å². The smallest absolute Gasteiger partial charge is 0.293 e. The first-order valence-corrected chi connectivity index (χ1v) is 8.84. The number of hydrogen-bond acceptors (Lipinski definition) is 5. The van der Waals surface area contributed by atoms with Gasteiger partial charge in [-0.25, -0.2) is 0 Å². The number of nitrogens with zero attached hydrogens (tertiary/aromatic N) is 1. The fourth-order valence-electron chi connectivity index (χ4n) is 3.24. The van der Waals surface area contributed by atoms with Gasteiger partial charge in [0, 0.05) is 19.0 Å². The Morgan fingerprint density at radius 2 is 2.04 bits per heavy atom. The summed E-state index contributed by atoms with van der Waals surface area (Å²) in [6.45, 7) is 2.14. The molecule has 1 aromatic carbocycles. The van der Waals surface area contributed by atoms with E-state index < -0.39 is 5.54 Å². The maximum absolute atomic E-state index is 12.3. The summed E-state index contributed by atoms with van der Waals surface area (Å²) in [4.78, 5) is 24.4. The maximum atomic E-state index is 12.3. The Bertz CT molecular complexity index is 658. The lowest BCUT2D eigenvalue weighted by Gasteiger charge is -2.48. The number of nitrogens with two attached hydrogens (primary N) is 1. The number of halogens is 2. The molecule has 8 heteroatoms. The van der Waals surface area contributed by atoms with Crippen molar-refractivity contribution >= 4 is 35.6 Å². The number of hydrogen-bond donors (Lipinski definition) is 1.